The summed E-state index contributed by atoms with van der Waals surface area (Å²) >= 11 is 0. The number of carbonyl (C=O) groups excluding carboxylic acids is 1. The molecule has 0 saturated carbocycles. The van der Waals surface area contributed by atoms with Crippen LogP contribution >= 0.6 is 0 Å². The Morgan fingerprint density at radius 2 is 1.86 bits per heavy atom. The molecule has 0 radical (unpaired) electrons. The van der Waals surface area contributed by atoms with Crippen molar-refractivity contribution in [1.29, 1.82) is 0 Å². The van der Waals surface area contributed by atoms with E-state index in [-0.39, 0.29) is 24.5 Å². The fourth-order valence-electron chi connectivity index (χ4n) is 4.55. The lowest BCUT2D eigenvalue weighted by molar-refractivity contribution is -0.136. The third-order valence-corrected chi connectivity index (χ3v) is 6.20. The SMILES string of the molecule is CCOC(=O)c1c(N(CC)c2ccc(N3CCNCC3)cc2OC)nc2ccc(F)cc2c1C(F)(F)F. The van der Waals surface area contributed by atoms with E-state index in [4.69, 9.17) is 9.47 Å². The van der Waals surface area contributed by atoms with Crippen molar-refractivity contribution in [2.75, 3.05) is 56.2 Å². The van der Waals surface area contributed by atoms with Gasteiger partial charge < -0.3 is 24.6 Å². The van der Waals surface area contributed by atoms with Gasteiger partial charge in [0, 0.05) is 49.9 Å². The molecule has 1 aliphatic rings. The zero-order valence-electron chi connectivity index (χ0n) is 20.8. The number of aromatic nitrogens is 1. The number of alkyl halides is 3. The van der Waals surface area contributed by atoms with E-state index in [1.807, 2.05) is 12.1 Å². The second-order valence-corrected chi connectivity index (χ2v) is 8.40. The monoisotopic (exact) mass is 520 g/mol. The number of nitrogens with zero attached hydrogens (tertiary/aromatic N) is 3. The standard InChI is InChI=1S/C26H28F4N4O3/c1-4-34(20-9-7-17(15-21(20)36-3)33-12-10-31-11-13-33)24-22(25(35)37-5-2)23(26(28,29)30)18-14-16(27)6-8-19(18)32-24/h6-9,14-15,31H,4-5,10-13H2,1-3H3. The molecule has 11 heteroatoms. The minimum absolute atomic E-state index is 0.105. The number of methoxy groups -OCH3 is 1. The molecule has 7 nitrogen and oxygen atoms in total. The van der Waals surface area contributed by atoms with Crippen molar-refractivity contribution in [1.82, 2.24) is 10.3 Å². The topological polar surface area (TPSA) is 66.9 Å². The van der Waals surface area contributed by atoms with Crippen LogP contribution in [0.3, 0.4) is 0 Å². The highest BCUT2D eigenvalue weighted by molar-refractivity contribution is 6.03. The smallest absolute Gasteiger partial charge is 0.418 e. The quantitative estimate of drug-likeness (QED) is 0.342. The maximum Gasteiger partial charge on any atom is 0.418 e. The number of hydrogen-bond acceptors (Lipinski definition) is 7. The van der Waals surface area contributed by atoms with Crippen molar-refractivity contribution >= 4 is 34.1 Å². The number of carbonyl (C=O) groups is 1. The first-order valence-electron chi connectivity index (χ1n) is 12.0. The van der Waals surface area contributed by atoms with Crippen LogP contribution in [0.1, 0.15) is 29.8 Å². The first-order valence-corrected chi connectivity index (χ1v) is 12.0. The molecule has 37 heavy (non-hydrogen) atoms. The van der Waals surface area contributed by atoms with Gasteiger partial charge in [0.25, 0.3) is 0 Å². The third-order valence-electron chi connectivity index (χ3n) is 6.20. The third kappa shape index (κ3) is 5.27. The van der Waals surface area contributed by atoms with Gasteiger partial charge >= 0.3 is 12.1 Å². The van der Waals surface area contributed by atoms with Crippen LogP contribution in [0.5, 0.6) is 5.75 Å². The van der Waals surface area contributed by atoms with Crippen molar-refractivity contribution in [3.63, 3.8) is 0 Å². The summed E-state index contributed by atoms with van der Waals surface area (Å²) in [5.41, 5.74) is -0.840. The lowest BCUT2D eigenvalue weighted by Gasteiger charge is -2.31. The number of piperazine rings is 1. The average molecular weight is 521 g/mol. The summed E-state index contributed by atoms with van der Waals surface area (Å²) in [7, 11) is 1.47. The number of fused-ring (bicyclic) bond motifs is 1. The highest BCUT2D eigenvalue weighted by atomic mass is 19.4. The number of pyridine rings is 1. The van der Waals surface area contributed by atoms with E-state index >= 15 is 0 Å². The second kappa shape index (κ2) is 10.8. The molecule has 1 N–H and O–H groups in total. The molecule has 0 spiro atoms. The van der Waals surface area contributed by atoms with Gasteiger partial charge in [0.15, 0.2) is 0 Å². The van der Waals surface area contributed by atoms with Crippen LogP contribution in [0.4, 0.5) is 34.8 Å². The van der Waals surface area contributed by atoms with Crippen LogP contribution < -0.4 is 19.9 Å². The zero-order chi connectivity index (χ0) is 26.7. The molecule has 1 saturated heterocycles. The van der Waals surface area contributed by atoms with Crippen LogP contribution in [0.2, 0.25) is 0 Å². The number of ether oxygens (including phenoxy) is 2. The lowest BCUT2D eigenvalue weighted by atomic mass is 10.0. The minimum Gasteiger partial charge on any atom is -0.494 e. The molecule has 0 atom stereocenters. The van der Waals surface area contributed by atoms with Crippen LogP contribution in [-0.4, -0.2) is 57.4 Å². The lowest BCUT2D eigenvalue weighted by Crippen LogP contribution is -2.43. The molecule has 0 bridgehead atoms. The summed E-state index contributed by atoms with van der Waals surface area (Å²) in [6.07, 6.45) is -4.98. The Balaban J connectivity index is 1.96. The molecule has 1 fully saturated rings. The van der Waals surface area contributed by atoms with Gasteiger partial charge in [-0.3, -0.25) is 0 Å². The van der Waals surface area contributed by atoms with E-state index < -0.39 is 34.5 Å². The predicted octanol–water partition coefficient (Wildman–Crippen LogP) is 5.15. The van der Waals surface area contributed by atoms with Crippen molar-refractivity contribution in [3.8, 4) is 5.75 Å². The maximum absolute atomic E-state index is 14.5. The molecule has 0 aliphatic carbocycles. The molecule has 198 valence electrons. The summed E-state index contributed by atoms with van der Waals surface area (Å²) < 4.78 is 68.0. The van der Waals surface area contributed by atoms with E-state index in [0.29, 0.717) is 11.4 Å². The number of halogens is 4. The number of benzene rings is 2. The molecule has 0 amide bonds. The van der Waals surface area contributed by atoms with E-state index in [9.17, 15) is 22.4 Å². The molecule has 2 heterocycles. The molecular formula is C26H28F4N4O3. The van der Waals surface area contributed by atoms with E-state index in [2.05, 4.69) is 15.2 Å². The normalized spacial score (nSPS) is 14.1. The maximum atomic E-state index is 14.5. The second-order valence-electron chi connectivity index (χ2n) is 8.40. The average Bonchev–Trinajstić information content (AvgIpc) is 2.88. The summed E-state index contributed by atoms with van der Waals surface area (Å²) in [5.74, 6) is -1.92. The van der Waals surface area contributed by atoms with Crippen molar-refractivity contribution in [3.05, 3.63) is 53.3 Å². The Hall–Kier alpha value is -3.60. The van der Waals surface area contributed by atoms with E-state index in [1.54, 1.807) is 13.0 Å². The first-order chi connectivity index (χ1) is 17.7. The Kier molecular flexibility index (Phi) is 7.72. The fraction of sp³-hybridized carbons (Fsp3) is 0.385. The van der Waals surface area contributed by atoms with Gasteiger partial charge in [0.1, 0.15) is 22.9 Å². The summed E-state index contributed by atoms with van der Waals surface area (Å²) in [5, 5.41) is 2.77. The number of anilines is 3. The van der Waals surface area contributed by atoms with Gasteiger partial charge in [-0.15, -0.1) is 0 Å². The fourth-order valence-corrected chi connectivity index (χ4v) is 4.55. The number of hydrogen-bond donors (Lipinski definition) is 1. The van der Waals surface area contributed by atoms with Crippen LogP contribution in [0, 0.1) is 5.82 Å². The molecule has 2 aromatic carbocycles. The van der Waals surface area contributed by atoms with E-state index in [1.165, 1.54) is 18.9 Å². The van der Waals surface area contributed by atoms with Gasteiger partial charge in [-0.05, 0) is 44.2 Å². The van der Waals surface area contributed by atoms with Gasteiger partial charge in [0.05, 0.1) is 30.5 Å². The molecular weight excluding hydrogens is 492 g/mol. The van der Waals surface area contributed by atoms with Gasteiger partial charge in [0.2, 0.25) is 0 Å². The van der Waals surface area contributed by atoms with Crippen molar-refractivity contribution < 1.29 is 31.8 Å². The minimum atomic E-state index is -4.98. The van der Waals surface area contributed by atoms with Crippen LogP contribution in [0.15, 0.2) is 36.4 Å². The highest BCUT2D eigenvalue weighted by Crippen LogP contribution is 2.44. The highest BCUT2D eigenvalue weighted by Gasteiger charge is 2.41. The Morgan fingerprint density at radius 3 is 2.49 bits per heavy atom. The summed E-state index contributed by atoms with van der Waals surface area (Å²) in [6.45, 7) is 6.48. The number of esters is 1. The Morgan fingerprint density at radius 1 is 1.14 bits per heavy atom. The zero-order valence-corrected chi connectivity index (χ0v) is 20.8. The number of rotatable bonds is 7. The molecule has 1 aliphatic heterocycles. The van der Waals surface area contributed by atoms with Gasteiger partial charge in [-0.1, -0.05) is 0 Å². The first kappa shape index (κ1) is 26.5. The number of nitrogens with one attached hydrogen (secondary N) is 1. The molecule has 4 rings (SSSR count). The van der Waals surface area contributed by atoms with E-state index in [0.717, 1.165) is 50.1 Å². The van der Waals surface area contributed by atoms with Gasteiger partial charge in [-0.25, -0.2) is 14.2 Å². The Bertz CT molecular complexity index is 1290. The largest absolute Gasteiger partial charge is 0.494 e. The molecule has 0 unspecified atom stereocenters. The van der Waals surface area contributed by atoms with Crippen LogP contribution in [0.25, 0.3) is 10.9 Å². The molecule has 3 aromatic rings. The summed E-state index contributed by atoms with van der Waals surface area (Å²) in [4.78, 5) is 21.1. The van der Waals surface area contributed by atoms with Crippen molar-refractivity contribution in [2.45, 2.75) is 20.0 Å². The van der Waals surface area contributed by atoms with Gasteiger partial charge in [-0.2, -0.15) is 13.2 Å². The predicted molar refractivity (Wildman–Crippen MR) is 133 cm³/mol. The Labute approximate surface area is 212 Å². The summed E-state index contributed by atoms with van der Waals surface area (Å²) in [6, 6.07) is 8.33. The molecule has 1 aromatic heterocycles. The van der Waals surface area contributed by atoms with Crippen molar-refractivity contribution in [2.24, 2.45) is 0 Å². The van der Waals surface area contributed by atoms with Crippen LogP contribution in [-0.2, 0) is 10.9 Å².